The first kappa shape index (κ1) is 15.3. The van der Waals surface area contributed by atoms with Crippen molar-refractivity contribution in [2.75, 3.05) is 0 Å². The Bertz CT molecular complexity index is 611. The van der Waals surface area contributed by atoms with Gasteiger partial charge in [-0.05, 0) is 25.5 Å². The Morgan fingerprint density at radius 3 is 2.65 bits per heavy atom. The maximum atomic E-state index is 12.2. The molecule has 1 aromatic rings. The lowest BCUT2D eigenvalue weighted by Gasteiger charge is -2.10. The molecule has 0 saturated carbocycles. The SMILES string of the molecule is CC(=O)C(CC=CC(=O)O)C(=O)c1cccc(C#N)c1. The zero-order valence-electron chi connectivity index (χ0n) is 10.9. The van der Waals surface area contributed by atoms with E-state index in [9.17, 15) is 14.4 Å². The van der Waals surface area contributed by atoms with Crippen molar-refractivity contribution in [3.05, 3.63) is 47.5 Å². The van der Waals surface area contributed by atoms with E-state index in [-0.39, 0.29) is 17.8 Å². The Morgan fingerprint density at radius 2 is 2.10 bits per heavy atom. The molecule has 5 nitrogen and oxygen atoms in total. The van der Waals surface area contributed by atoms with Crippen LogP contribution in [0.4, 0.5) is 0 Å². The number of rotatable bonds is 6. The normalized spacial score (nSPS) is 11.8. The lowest BCUT2D eigenvalue weighted by Crippen LogP contribution is -2.21. The van der Waals surface area contributed by atoms with E-state index in [1.165, 1.54) is 25.1 Å². The van der Waals surface area contributed by atoms with Crippen molar-refractivity contribution >= 4 is 17.5 Å². The number of carboxylic acid groups (broad SMARTS) is 1. The summed E-state index contributed by atoms with van der Waals surface area (Å²) in [4.78, 5) is 34.1. The molecule has 0 heterocycles. The first-order chi connectivity index (χ1) is 9.45. The first-order valence-corrected chi connectivity index (χ1v) is 5.90. The molecule has 0 bridgehead atoms. The maximum absolute atomic E-state index is 12.2. The molecule has 102 valence electrons. The van der Waals surface area contributed by atoms with Gasteiger partial charge in [0.25, 0.3) is 0 Å². The largest absolute Gasteiger partial charge is 0.478 e. The predicted octanol–water partition coefficient (Wildman–Crippen LogP) is 1.98. The number of carbonyl (C=O) groups is 3. The van der Waals surface area contributed by atoms with E-state index in [0.29, 0.717) is 5.56 Å². The Morgan fingerprint density at radius 1 is 1.40 bits per heavy atom. The molecule has 1 aromatic carbocycles. The standard InChI is InChI=1S/C15H13NO4/c1-10(17)13(6-3-7-14(18)19)15(20)12-5-2-4-11(8-12)9-16/h2-5,7-8,13H,6H2,1H3,(H,18,19). The topological polar surface area (TPSA) is 95.2 Å². The molecule has 1 rings (SSSR count). The van der Waals surface area contributed by atoms with Gasteiger partial charge in [-0.25, -0.2) is 4.79 Å². The predicted molar refractivity (Wildman–Crippen MR) is 71.1 cm³/mol. The van der Waals surface area contributed by atoms with Gasteiger partial charge < -0.3 is 5.11 Å². The zero-order valence-corrected chi connectivity index (χ0v) is 10.9. The Labute approximate surface area is 116 Å². The average molecular weight is 271 g/mol. The van der Waals surface area contributed by atoms with Gasteiger partial charge in [0, 0.05) is 11.6 Å². The summed E-state index contributed by atoms with van der Waals surface area (Å²) in [7, 11) is 0. The van der Waals surface area contributed by atoms with Crippen molar-refractivity contribution in [3.63, 3.8) is 0 Å². The second-order valence-corrected chi connectivity index (χ2v) is 4.20. The number of allylic oxidation sites excluding steroid dienone is 1. The molecule has 0 aliphatic rings. The molecule has 0 amide bonds. The summed E-state index contributed by atoms with van der Waals surface area (Å²) in [5, 5.41) is 17.3. The molecule has 0 saturated heterocycles. The first-order valence-electron chi connectivity index (χ1n) is 5.90. The highest BCUT2D eigenvalue weighted by Crippen LogP contribution is 2.16. The Hall–Kier alpha value is -2.74. The van der Waals surface area contributed by atoms with Crippen molar-refractivity contribution in [3.8, 4) is 6.07 Å². The second kappa shape index (κ2) is 7.00. The van der Waals surface area contributed by atoms with Crippen molar-refractivity contribution in [1.29, 1.82) is 5.26 Å². The van der Waals surface area contributed by atoms with Crippen molar-refractivity contribution in [1.82, 2.24) is 0 Å². The molecule has 0 radical (unpaired) electrons. The van der Waals surface area contributed by atoms with Crippen LogP contribution in [-0.2, 0) is 9.59 Å². The van der Waals surface area contributed by atoms with Crippen LogP contribution in [0.25, 0.3) is 0 Å². The number of aliphatic carboxylic acids is 1. The monoisotopic (exact) mass is 271 g/mol. The van der Waals surface area contributed by atoms with E-state index in [2.05, 4.69) is 0 Å². The van der Waals surface area contributed by atoms with Gasteiger partial charge in [-0.2, -0.15) is 5.26 Å². The lowest BCUT2D eigenvalue weighted by molar-refractivity contribution is -0.131. The third-order valence-electron chi connectivity index (χ3n) is 2.72. The summed E-state index contributed by atoms with van der Waals surface area (Å²) < 4.78 is 0. The van der Waals surface area contributed by atoms with Crippen LogP contribution in [0.3, 0.4) is 0 Å². The van der Waals surface area contributed by atoms with Crippen LogP contribution >= 0.6 is 0 Å². The number of ketones is 2. The lowest BCUT2D eigenvalue weighted by atomic mass is 9.90. The molecule has 1 N–H and O–H groups in total. The number of benzene rings is 1. The highest BCUT2D eigenvalue weighted by molar-refractivity contribution is 6.10. The van der Waals surface area contributed by atoms with Crippen LogP contribution in [-0.4, -0.2) is 22.6 Å². The molecule has 0 aliphatic carbocycles. The fraction of sp³-hybridized carbons (Fsp3) is 0.200. The van der Waals surface area contributed by atoms with Gasteiger partial charge in [-0.1, -0.05) is 18.2 Å². The molecule has 0 spiro atoms. The number of nitrogens with zero attached hydrogens (tertiary/aromatic N) is 1. The van der Waals surface area contributed by atoms with Gasteiger partial charge in [0.1, 0.15) is 5.78 Å². The van der Waals surface area contributed by atoms with E-state index >= 15 is 0 Å². The van der Waals surface area contributed by atoms with Crippen LogP contribution in [0.1, 0.15) is 29.3 Å². The molecule has 0 fully saturated rings. The van der Waals surface area contributed by atoms with Gasteiger partial charge in [0.05, 0.1) is 17.6 Å². The highest BCUT2D eigenvalue weighted by Gasteiger charge is 2.23. The molecule has 1 unspecified atom stereocenters. The number of carbonyl (C=O) groups excluding carboxylic acids is 2. The van der Waals surface area contributed by atoms with Crippen LogP contribution in [0.2, 0.25) is 0 Å². The summed E-state index contributed by atoms with van der Waals surface area (Å²) >= 11 is 0. The molecule has 20 heavy (non-hydrogen) atoms. The quantitative estimate of drug-likeness (QED) is 0.485. The minimum Gasteiger partial charge on any atom is -0.478 e. The maximum Gasteiger partial charge on any atom is 0.327 e. The molecule has 5 heteroatoms. The third-order valence-corrected chi connectivity index (χ3v) is 2.72. The molecular weight excluding hydrogens is 258 g/mol. The summed E-state index contributed by atoms with van der Waals surface area (Å²) in [6.45, 7) is 1.28. The molecule has 1 atom stereocenters. The third kappa shape index (κ3) is 4.18. The van der Waals surface area contributed by atoms with Crippen molar-refractivity contribution in [2.45, 2.75) is 13.3 Å². The fourth-order valence-corrected chi connectivity index (χ4v) is 1.71. The number of Topliss-reactive ketones (excluding diaryl/α,β-unsaturated/α-hetero) is 2. The number of nitriles is 1. The molecule has 0 aromatic heterocycles. The minimum absolute atomic E-state index is 0.0250. The zero-order chi connectivity index (χ0) is 15.1. The van der Waals surface area contributed by atoms with Crippen LogP contribution in [0.5, 0.6) is 0 Å². The average Bonchev–Trinajstić information content (AvgIpc) is 2.42. The van der Waals surface area contributed by atoms with Gasteiger partial charge >= 0.3 is 5.97 Å². The molecular formula is C15H13NO4. The molecule has 0 aliphatic heterocycles. The number of hydrogen-bond donors (Lipinski definition) is 1. The van der Waals surface area contributed by atoms with Crippen LogP contribution < -0.4 is 0 Å². The minimum atomic E-state index is -1.13. The summed E-state index contributed by atoms with van der Waals surface area (Å²) in [6.07, 6.45) is 2.20. The van der Waals surface area contributed by atoms with Crippen molar-refractivity contribution in [2.24, 2.45) is 5.92 Å². The second-order valence-electron chi connectivity index (χ2n) is 4.20. The smallest absolute Gasteiger partial charge is 0.327 e. The van der Waals surface area contributed by atoms with Gasteiger partial charge in [-0.3, -0.25) is 9.59 Å². The van der Waals surface area contributed by atoms with E-state index in [0.717, 1.165) is 6.08 Å². The summed E-state index contributed by atoms with van der Waals surface area (Å²) in [5.41, 5.74) is 0.604. The highest BCUT2D eigenvalue weighted by atomic mass is 16.4. The van der Waals surface area contributed by atoms with E-state index in [4.69, 9.17) is 10.4 Å². The summed E-state index contributed by atoms with van der Waals surface area (Å²) in [5.74, 6) is -2.82. The van der Waals surface area contributed by atoms with Gasteiger partial charge in [0.15, 0.2) is 5.78 Å². The summed E-state index contributed by atoms with van der Waals surface area (Å²) in [6, 6.07) is 7.99. The Balaban J connectivity index is 2.97. The van der Waals surface area contributed by atoms with Crippen LogP contribution in [0, 0.1) is 17.2 Å². The van der Waals surface area contributed by atoms with Crippen LogP contribution in [0.15, 0.2) is 36.4 Å². The van der Waals surface area contributed by atoms with E-state index in [1.54, 1.807) is 12.1 Å². The number of carboxylic acids is 1. The van der Waals surface area contributed by atoms with Gasteiger partial charge in [-0.15, -0.1) is 0 Å². The van der Waals surface area contributed by atoms with Gasteiger partial charge in [0.2, 0.25) is 0 Å². The Kier molecular flexibility index (Phi) is 5.36. The fourth-order valence-electron chi connectivity index (χ4n) is 1.71. The van der Waals surface area contributed by atoms with E-state index < -0.39 is 17.7 Å². The van der Waals surface area contributed by atoms with E-state index in [1.807, 2.05) is 6.07 Å². The number of hydrogen-bond acceptors (Lipinski definition) is 4. The van der Waals surface area contributed by atoms with Crippen molar-refractivity contribution < 1.29 is 19.5 Å².